The van der Waals surface area contributed by atoms with Crippen molar-refractivity contribution in [3.05, 3.63) is 24.3 Å². The second kappa shape index (κ2) is 7.79. The van der Waals surface area contributed by atoms with Crippen molar-refractivity contribution < 1.29 is 19.4 Å². The van der Waals surface area contributed by atoms with E-state index in [0.29, 0.717) is 18.8 Å². The second-order valence-electron chi connectivity index (χ2n) is 5.42. The number of hydrogen-bond donors (Lipinski definition) is 2. The molecule has 1 aromatic carbocycles. The number of amides is 1. The topological polar surface area (TPSA) is 78.9 Å². The first kappa shape index (κ1) is 16.3. The number of carbonyl (C=O) groups excluding carboxylic acids is 2. The van der Waals surface area contributed by atoms with Crippen LogP contribution in [0.4, 0.5) is 5.69 Å². The van der Waals surface area contributed by atoms with Crippen LogP contribution in [0.5, 0.6) is 5.75 Å². The molecule has 2 N–H and O–H groups in total. The van der Waals surface area contributed by atoms with E-state index >= 15 is 0 Å². The number of ether oxygens (including phenoxy) is 1. The standard InChI is InChI=1S/C16H22N2O4/c1-2-22-16(21)12-4-3-9-18(10-12)11-15(20)17-13-5-7-14(19)8-6-13/h5-8,12,19H,2-4,9-11H2,1H3,(H,17,20). The van der Waals surface area contributed by atoms with Crippen LogP contribution < -0.4 is 5.32 Å². The van der Waals surface area contributed by atoms with Crippen molar-refractivity contribution in [2.75, 3.05) is 31.6 Å². The van der Waals surface area contributed by atoms with Crippen LogP contribution in [0.25, 0.3) is 0 Å². The van der Waals surface area contributed by atoms with E-state index in [2.05, 4.69) is 5.32 Å². The van der Waals surface area contributed by atoms with Gasteiger partial charge in [0.25, 0.3) is 0 Å². The van der Waals surface area contributed by atoms with E-state index in [1.54, 1.807) is 19.1 Å². The lowest BCUT2D eigenvalue weighted by molar-refractivity contribution is -0.150. The minimum absolute atomic E-state index is 0.129. The molecule has 22 heavy (non-hydrogen) atoms. The minimum Gasteiger partial charge on any atom is -0.508 e. The van der Waals surface area contributed by atoms with Gasteiger partial charge in [0, 0.05) is 12.2 Å². The van der Waals surface area contributed by atoms with E-state index in [0.717, 1.165) is 19.4 Å². The molecule has 0 saturated carbocycles. The summed E-state index contributed by atoms with van der Waals surface area (Å²) in [6.45, 7) is 3.79. The molecule has 1 aromatic rings. The first-order valence-electron chi connectivity index (χ1n) is 7.56. The molecule has 0 aliphatic carbocycles. The zero-order valence-electron chi connectivity index (χ0n) is 12.7. The van der Waals surface area contributed by atoms with Gasteiger partial charge < -0.3 is 15.2 Å². The predicted octanol–water partition coefficient (Wildman–Crippen LogP) is 1.61. The van der Waals surface area contributed by atoms with Crippen molar-refractivity contribution in [3.8, 4) is 5.75 Å². The highest BCUT2D eigenvalue weighted by Crippen LogP contribution is 2.18. The molecular weight excluding hydrogens is 284 g/mol. The summed E-state index contributed by atoms with van der Waals surface area (Å²) >= 11 is 0. The summed E-state index contributed by atoms with van der Waals surface area (Å²) in [5.74, 6) is -0.289. The number of nitrogens with zero attached hydrogens (tertiary/aromatic N) is 1. The summed E-state index contributed by atoms with van der Waals surface area (Å²) in [7, 11) is 0. The molecule has 0 bridgehead atoms. The summed E-state index contributed by atoms with van der Waals surface area (Å²) < 4.78 is 5.05. The van der Waals surface area contributed by atoms with Crippen molar-refractivity contribution >= 4 is 17.6 Å². The normalized spacial score (nSPS) is 18.7. The fourth-order valence-corrected chi connectivity index (χ4v) is 2.60. The number of carbonyl (C=O) groups is 2. The van der Waals surface area contributed by atoms with E-state index in [-0.39, 0.29) is 30.1 Å². The van der Waals surface area contributed by atoms with Gasteiger partial charge in [-0.3, -0.25) is 14.5 Å². The van der Waals surface area contributed by atoms with Gasteiger partial charge >= 0.3 is 5.97 Å². The summed E-state index contributed by atoms with van der Waals surface area (Å²) in [6, 6.07) is 6.33. The average molecular weight is 306 g/mol. The Hall–Kier alpha value is -2.08. The van der Waals surface area contributed by atoms with Crippen molar-refractivity contribution in [1.82, 2.24) is 4.90 Å². The Balaban J connectivity index is 1.83. The van der Waals surface area contributed by atoms with Gasteiger partial charge in [-0.05, 0) is 50.6 Å². The maximum Gasteiger partial charge on any atom is 0.310 e. The van der Waals surface area contributed by atoms with E-state index in [4.69, 9.17) is 4.74 Å². The summed E-state index contributed by atoms with van der Waals surface area (Å²) in [4.78, 5) is 25.8. The fourth-order valence-electron chi connectivity index (χ4n) is 2.60. The molecule has 1 aliphatic heterocycles. The number of anilines is 1. The fraction of sp³-hybridized carbons (Fsp3) is 0.500. The molecule has 0 aromatic heterocycles. The van der Waals surface area contributed by atoms with Crippen LogP contribution in [-0.2, 0) is 14.3 Å². The Morgan fingerprint density at radius 2 is 2.09 bits per heavy atom. The van der Waals surface area contributed by atoms with E-state index < -0.39 is 0 Å². The van der Waals surface area contributed by atoms with Crippen LogP contribution in [0, 0.1) is 5.92 Å². The van der Waals surface area contributed by atoms with Gasteiger partial charge in [-0.25, -0.2) is 0 Å². The lowest BCUT2D eigenvalue weighted by Crippen LogP contribution is -2.43. The molecular formula is C16H22N2O4. The van der Waals surface area contributed by atoms with Crippen LogP contribution in [0.3, 0.4) is 0 Å². The Morgan fingerprint density at radius 3 is 2.77 bits per heavy atom. The summed E-state index contributed by atoms with van der Waals surface area (Å²) in [5, 5.41) is 12.0. The highest BCUT2D eigenvalue weighted by Gasteiger charge is 2.27. The van der Waals surface area contributed by atoms with Gasteiger partial charge in [0.1, 0.15) is 5.75 Å². The molecule has 6 heteroatoms. The van der Waals surface area contributed by atoms with Crippen molar-refractivity contribution in [3.63, 3.8) is 0 Å². The van der Waals surface area contributed by atoms with E-state index in [9.17, 15) is 14.7 Å². The first-order valence-corrected chi connectivity index (χ1v) is 7.56. The molecule has 1 atom stereocenters. The molecule has 120 valence electrons. The number of aromatic hydroxyl groups is 1. The number of phenols is 1. The van der Waals surface area contributed by atoms with Crippen LogP contribution >= 0.6 is 0 Å². The monoisotopic (exact) mass is 306 g/mol. The Bertz CT molecular complexity index is 515. The molecule has 1 saturated heterocycles. The van der Waals surface area contributed by atoms with Gasteiger partial charge in [-0.15, -0.1) is 0 Å². The number of esters is 1. The molecule has 1 heterocycles. The van der Waals surface area contributed by atoms with Gasteiger partial charge in [0.2, 0.25) is 5.91 Å². The largest absolute Gasteiger partial charge is 0.508 e. The summed E-state index contributed by atoms with van der Waals surface area (Å²) in [5.41, 5.74) is 0.641. The number of benzene rings is 1. The third-order valence-corrected chi connectivity index (χ3v) is 3.64. The molecule has 1 fully saturated rings. The van der Waals surface area contributed by atoms with E-state index in [1.807, 2.05) is 4.90 Å². The second-order valence-corrected chi connectivity index (χ2v) is 5.42. The number of piperidine rings is 1. The van der Waals surface area contributed by atoms with Gasteiger partial charge in [-0.1, -0.05) is 0 Å². The maximum absolute atomic E-state index is 12.0. The van der Waals surface area contributed by atoms with E-state index in [1.165, 1.54) is 12.1 Å². The van der Waals surface area contributed by atoms with Crippen LogP contribution in [0.2, 0.25) is 0 Å². The van der Waals surface area contributed by atoms with Crippen molar-refractivity contribution in [2.45, 2.75) is 19.8 Å². The van der Waals surface area contributed by atoms with Gasteiger partial charge in [0.05, 0.1) is 19.1 Å². The number of nitrogens with one attached hydrogen (secondary N) is 1. The lowest BCUT2D eigenvalue weighted by atomic mass is 9.98. The lowest BCUT2D eigenvalue weighted by Gasteiger charge is -2.30. The molecule has 2 rings (SSSR count). The smallest absolute Gasteiger partial charge is 0.310 e. The molecule has 0 spiro atoms. The van der Waals surface area contributed by atoms with Crippen molar-refractivity contribution in [2.24, 2.45) is 5.92 Å². The number of likely N-dealkylation sites (tertiary alicyclic amines) is 1. The Morgan fingerprint density at radius 1 is 1.36 bits per heavy atom. The molecule has 6 nitrogen and oxygen atoms in total. The molecule has 1 unspecified atom stereocenters. The predicted molar refractivity (Wildman–Crippen MR) is 82.5 cm³/mol. The quantitative estimate of drug-likeness (QED) is 0.638. The third kappa shape index (κ3) is 4.73. The number of hydrogen-bond acceptors (Lipinski definition) is 5. The summed E-state index contributed by atoms with van der Waals surface area (Å²) in [6.07, 6.45) is 1.70. The third-order valence-electron chi connectivity index (χ3n) is 3.64. The van der Waals surface area contributed by atoms with Crippen LogP contribution in [0.1, 0.15) is 19.8 Å². The number of phenolic OH excluding ortho intramolecular Hbond substituents is 1. The van der Waals surface area contributed by atoms with Crippen LogP contribution in [-0.4, -0.2) is 48.1 Å². The highest BCUT2D eigenvalue weighted by atomic mass is 16.5. The highest BCUT2D eigenvalue weighted by molar-refractivity contribution is 5.92. The Labute approximate surface area is 130 Å². The zero-order chi connectivity index (χ0) is 15.9. The SMILES string of the molecule is CCOC(=O)C1CCCN(CC(=O)Nc2ccc(O)cc2)C1. The average Bonchev–Trinajstić information content (AvgIpc) is 2.50. The number of rotatable bonds is 5. The molecule has 0 radical (unpaired) electrons. The Kier molecular flexibility index (Phi) is 5.77. The first-order chi connectivity index (χ1) is 10.6. The van der Waals surface area contributed by atoms with Crippen LogP contribution in [0.15, 0.2) is 24.3 Å². The van der Waals surface area contributed by atoms with Gasteiger partial charge in [-0.2, -0.15) is 0 Å². The maximum atomic E-state index is 12.0. The zero-order valence-corrected chi connectivity index (χ0v) is 12.7. The molecule has 1 amide bonds. The minimum atomic E-state index is -0.175. The molecule has 1 aliphatic rings. The van der Waals surface area contributed by atoms with Gasteiger partial charge in [0.15, 0.2) is 0 Å². The van der Waals surface area contributed by atoms with Crippen molar-refractivity contribution in [1.29, 1.82) is 0 Å².